The molecule has 1 rings (SSSR count). The van der Waals surface area contributed by atoms with Gasteiger partial charge in [0, 0.05) is 21.6 Å². The van der Waals surface area contributed by atoms with Gasteiger partial charge in [-0.1, -0.05) is 32.9 Å². The molecule has 82 valence electrons. The van der Waals surface area contributed by atoms with Gasteiger partial charge in [0.1, 0.15) is 0 Å². The van der Waals surface area contributed by atoms with E-state index in [1.165, 1.54) is 5.56 Å². The van der Waals surface area contributed by atoms with E-state index in [1.807, 2.05) is 19.1 Å². The van der Waals surface area contributed by atoms with Crippen molar-refractivity contribution in [3.63, 3.8) is 0 Å². The summed E-state index contributed by atoms with van der Waals surface area (Å²) in [5, 5.41) is 2.76. The highest BCUT2D eigenvalue weighted by Gasteiger charge is 2.14. The van der Waals surface area contributed by atoms with Crippen molar-refractivity contribution in [3.05, 3.63) is 29.3 Å². The van der Waals surface area contributed by atoms with Gasteiger partial charge in [-0.05, 0) is 29.5 Å². The molecule has 3 heteroatoms. The van der Waals surface area contributed by atoms with Crippen LogP contribution in [0, 0.1) is 6.92 Å². The zero-order chi connectivity index (χ0) is 11.6. The fourth-order valence-corrected chi connectivity index (χ4v) is 1.54. The Labute approximate surface area is 99.2 Å². The van der Waals surface area contributed by atoms with Crippen molar-refractivity contribution in [1.82, 2.24) is 0 Å². The largest absolute Gasteiger partial charge is 0.316 e. The fourth-order valence-electron chi connectivity index (χ4n) is 1.33. The minimum atomic E-state index is -0.211. The van der Waals surface area contributed by atoms with Crippen LogP contribution in [0.5, 0.6) is 0 Å². The van der Waals surface area contributed by atoms with Crippen LogP contribution in [0.15, 0.2) is 18.2 Å². The Morgan fingerprint density at radius 3 is 2.40 bits per heavy atom. The van der Waals surface area contributed by atoms with E-state index < -0.39 is 0 Å². The smallest absolute Gasteiger partial charge is 0.291 e. The summed E-state index contributed by atoms with van der Waals surface area (Å²) >= 11 is 2.87. The Bertz CT molecular complexity index is 380. The summed E-state index contributed by atoms with van der Waals surface area (Å²) in [5.74, 6) is 0. The highest BCUT2D eigenvalue weighted by atomic mass is 79.9. The molecule has 1 amide bonds. The normalized spacial score (nSPS) is 11.3. The third-order valence-corrected chi connectivity index (χ3v) is 2.53. The van der Waals surface area contributed by atoms with E-state index in [4.69, 9.17) is 0 Å². The van der Waals surface area contributed by atoms with E-state index in [2.05, 4.69) is 48.1 Å². The molecule has 1 N–H and O–H groups in total. The third kappa shape index (κ3) is 3.34. The van der Waals surface area contributed by atoms with Gasteiger partial charge in [0.15, 0.2) is 0 Å². The Kier molecular flexibility index (Phi) is 3.55. The van der Waals surface area contributed by atoms with Crippen LogP contribution in [0.2, 0.25) is 0 Å². The molecule has 0 saturated carbocycles. The zero-order valence-electron chi connectivity index (χ0n) is 9.52. The van der Waals surface area contributed by atoms with Crippen molar-refractivity contribution < 1.29 is 4.79 Å². The Morgan fingerprint density at radius 2 is 1.93 bits per heavy atom. The van der Waals surface area contributed by atoms with Crippen LogP contribution in [-0.2, 0) is 5.41 Å². The van der Waals surface area contributed by atoms with Crippen LogP contribution in [0.3, 0.4) is 0 Å². The molecule has 0 saturated heterocycles. The van der Waals surface area contributed by atoms with E-state index in [1.54, 1.807) is 0 Å². The van der Waals surface area contributed by atoms with Gasteiger partial charge in [-0.15, -0.1) is 0 Å². The van der Waals surface area contributed by atoms with Gasteiger partial charge in [-0.3, -0.25) is 4.79 Å². The summed E-state index contributed by atoms with van der Waals surface area (Å²) < 4.78 is 0. The lowest BCUT2D eigenvalue weighted by Crippen LogP contribution is -2.12. The highest BCUT2D eigenvalue weighted by Crippen LogP contribution is 2.27. The van der Waals surface area contributed by atoms with E-state index in [9.17, 15) is 4.79 Å². The summed E-state index contributed by atoms with van der Waals surface area (Å²) in [6.45, 7) is 8.43. The second-order valence-electron chi connectivity index (χ2n) is 4.68. The van der Waals surface area contributed by atoms with Crippen LogP contribution >= 0.6 is 15.9 Å². The number of hydrogen-bond acceptors (Lipinski definition) is 1. The lowest BCUT2D eigenvalue weighted by molar-refractivity contribution is 0.270. The molecule has 0 spiro atoms. The quantitative estimate of drug-likeness (QED) is 0.600. The molecule has 0 aliphatic carbocycles. The van der Waals surface area contributed by atoms with Gasteiger partial charge < -0.3 is 5.32 Å². The number of benzene rings is 1. The predicted octanol–water partition coefficient (Wildman–Crippen LogP) is 4.22. The number of carbonyl (C=O) groups is 1. The third-order valence-electron chi connectivity index (χ3n) is 2.34. The maximum absolute atomic E-state index is 10.9. The van der Waals surface area contributed by atoms with Crippen LogP contribution in [0.4, 0.5) is 10.5 Å². The van der Waals surface area contributed by atoms with Gasteiger partial charge in [-0.25, -0.2) is 0 Å². The number of hydrogen-bond donors (Lipinski definition) is 1. The van der Waals surface area contributed by atoms with E-state index in [0.717, 1.165) is 11.3 Å². The molecule has 0 aliphatic rings. The van der Waals surface area contributed by atoms with Gasteiger partial charge in [0.25, 0.3) is 4.82 Å². The Balaban J connectivity index is 3.11. The van der Waals surface area contributed by atoms with Crippen molar-refractivity contribution in [2.45, 2.75) is 33.1 Å². The molecule has 0 aromatic heterocycles. The summed E-state index contributed by atoms with van der Waals surface area (Å²) in [6, 6.07) is 6.15. The number of carbonyl (C=O) groups excluding carboxylic acids is 1. The lowest BCUT2D eigenvalue weighted by atomic mass is 9.86. The second kappa shape index (κ2) is 4.35. The molecule has 1 aromatic rings. The second-order valence-corrected chi connectivity index (χ2v) is 5.40. The molecule has 0 aliphatic heterocycles. The van der Waals surface area contributed by atoms with E-state index in [0.29, 0.717) is 0 Å². The number of aryl methyl sites for hydroxylation is 1. The Hall–Kier alpha value is -0.830. The molecular formula is C12H16BrNO. The number of amides is 1. The molecule has 0 fully saturated rings. The lowest BCUT2D eigenvalue weighted by Gasteiger charge is -2.20. The van der Waals surface area contributed by atoms with Crippen LogP contribution in [0.1, 0.15) is 31.9 Å². The molecule has 1 aromatic carbocycles. The first-order chi connectivity index (χ1) is 6.80. The standard InChI is InChI=1S/C12H16BrNO/c1-8-5-6-9(12(2,3)4)7-10(8)14-11(13)15/h5-7H,1-4H3,(H,14,15). The summed E-state index contributed by atoms with van der Waals surface area (Å²) in [5.41, 5.74) is 3.24. The van der Waals surface area contributed by atoms with Crippen LogP contribution in [0.25, 0.3) is 0 Å². The highest BCUT2D eigenvalue weighted by molar-refractivity contribution is 9.18. The first kappa shape index (κ1) is 12.2. The number of nitrogens with one attached hydrogen (secondary N) is 1. The average Bonchev–Trinajstić information content (AvgIpc) is 2.06. The van der Waals surface area contributed by atoms with Crippen LogP contribution in [-0.4, -0.2) is 4.82 Å². The molecule has 0 unspecified atom stereocenters. The van der Waals surface area contributed by atoms with Gasteiger partial charge in [-0.2, -0.15) is 0 Å². The molecule has 0 radical (unpaired) electrons. The summed E-state index contributed by atoms with van der Waals surface area (Å²) in [6.07, 6.45) is 0. The first-order valence-electron chi connectivity index (χ1n) is 4.88. The van der Waals surface area contributed by atoms with Crippen LogP contribution < -0.4 is 5.32 Å². The van der Waals surface area contributed by atoms with Crippen molar-refractivity contribution in [3.8, 4) is 0 Å². The fraction of sp³-hybridized carbons (Fsp3) is 0.417. The number of anilines is 1. The zero-order valence-corrected chi connectivity index (χ0v) is 11.1. The molecule has 15 heavy (non-hydrogen) atoms. The maximum atomic E-state index is 10.9. The van der Waals surface area contributed by atoms with Crippen molar-refractivity contribution >= 4 is 26.4 Å². The first-order valence-corrected chi connectivity index (χ1v) is 5.67. The molecule has 2 nitrogen and oxygen atoms in total. The average molecular weight is 270 g/mol. The van der Waals surface area contributed by atoms with E-state index in [-0.39, 0.29) is 10.2 Å². The van der Waals surface area contributed by atoms with Crippen molar-refractivity contribution in [2.24, 2.45) is 0 Å². The van der Waals surface area contributed by atoms with Gasteiger partial charge >= 0.3 is 0 Å². The maximum Gasteiger partial charge on any atom is 0.291 e. The topological polar surface area (TPSA) is 29.1 Å². The van der Waals surface area contributed by atoms with Gasteiger partial charge in [0.2, 0.25) is 0 Å². The molecule has 0 atom stereocenters. The minimum absolute atomic E-state index is 0.0967. The van der Waals surface area contributed by atoms with E-state index >= 15 is 0 Å². The molecule has 0 bridgehead atoms. The Morgan fingerprint density at radius 1 is 1.33 bits per heavy atom. The number of halogens is 1. The summed E-state index contributed by atoms with van der Waals surface area (Å²) in [7, 11) is 0. The van der Waals surface area contributed by atoms with Gasteiger partial charge in [0.05, 0.1) is 0 Å². The monoisotopic (exact) mass is 269 g/mol. The molecule has 0 heterocycles. The summed E-state index contributed by atoms with van der Waals surface area (Å²) in [4.78, 5) is 10.7. The van der Waals surface area contributed by atoms with Crippen molar-refractivity contribution in [1.29, 1.82) is 0 Å². The SMILES string of the molecule is Cc1ccc(C(C)(C)C)cc1NC(=O)Br. The predicted molar refractivity (Wildman–Crippen MR) is 67.8 cm³/mol. The number of rotatable bonds is 1. The minimum Gasteiger partial charge on any atom is -0.316 e. The molecular weight excluding hydrogens is 254 g/mol. The van der Waals surface area contributed by atoms with Crippen molar-refractivity contribution in [2.75, 3.05) is 5.32 Å².